The fraction of sp³-hybridized carbons (Fsp3) is 0.217. The number of thioether (sulfide) groups is 1. The highest BCUT2D eigenvalue weighted by Crippen LogP contribution is 2.28. The molecule has 1 aliphatic rings. The number of aryl methyl sites for hydroxylation is 1. The fourth-order valence-corrected chi connectivity index (χ4v) is 4.74. The molecule has 1 aromatic heterocycles. The zero-order valence-corrected chi connectivity index (χ0v) is 18.5. The van der Waals surface area contributed by atoms with Gasteiger partial charge in [-0.25, -0.2) is 4.98 Å². The number of nitriles is 1. The monoisotopic (exact) mass is 466 g/mol. The van der Waals surface area contributed by atoms with Crippen molar-refractivity contribution in [2.24, 2.45) is 0 Å². The first-order valence-electron chi connectivity index (χ1n) is 9.93. The average Bonchev–Trinajstić information content (AvgIpc) is 3.48. The average molecular weight is 467 g/mol. The topological polar surface area (TPSA) is 99.2 Å². The van der Waals surface area contributed by atoms with Crippen molar-refractivity contribution in [3.63, 3.8) is 0 Å². The number of rotatable bonds is 6. The van der Waals surface area contributed by atoms with Crippen LogP contribution >= 0.6 is 23.4 Å². The molecule has 1 aliphatic heterocycles. The minimum Gasteiger partial charge on any atom is -0.441 e. The van der Waals surface area contributed by atoms with E-state index in [-0.39, 0.29) is 18.2 Å². The summed E-state index contributed by atoms with van der Waals surface area (Å²) in [4.78, 5) is 31.4. The van der Waals surface area contributed by atoms with Gasteiger partial charge in [-0.3, -0.25) is 9.59 Å². The minimum atomic E-state index is -0.550. The number of anilines is 1. The number of halogens is 1. The van der Waals surface area contributed by atoms with Crippen molar-refractivity contribution in [1.82, 2.24) is 9.88 Å². The van der Waals surface area contributed by atoms with Crippen LogP contribution < -0.4 is 5.32 Å². The Hall–Kier alpha value is -3.28. The molecule has 162 valence electrons. The molecule has 0 saturated carbocycles. The molecule has 2 amide bonds. The molecule has 1 N–H and O–H groups in total. The minimum absolute atomic E-state index is 0.132. The summed E-state index contributed by atoms with van der Waals surface area (Å²) in [6.45, 7) is 0. The number of benzene rings is 2. The van der Waals surface area contributed by atoms with Gasteiger partial charge >= 0.3 is 0 Å². The second-order valence-electron chi connectivity index (χ2n) is 7.16. The lowest BCUT2D eigenvalue weighted by atomic mass is 10.2. The van der Waals surface area contributed by atoms with Crippen LogP contribution in [0.25, 0.3) is 11.3 Å². The number of oxazole rings is 1. The standard InChI is InChI=1S/C23H19ClN4O3S/c24-18-4-2-1-3-17(18)20-12-26-21(31-20)9-10-22(29)28-14-32-13-19(28)23(30)27-16-7-5-15(11-25)6-8-16/h1-8,12,19H,9-10,13-14H2,(H,27,30). The molecule has 32 heavy (non-hydrogen) atoms. The maximum absolute atomic E-state index is 12.8. The fourth-order valence-electron chi connectivity index (χ4n) is 3.33. The molecule has 4 rings (SSSR count). The van der Waals surface area contributed by atoms with Crippen LogP contribution in [-0.4, -0.2) is 39.4 Å². The number of carbonyl (C=O) groups is 2. The van der Waals surface area contributed by atoms with Gasteiger partial charge in [0.15, 0.2) is 11.7 Å². The SMILES string of the molecule is N#Cc1ccc(NC(=O)C2CSCN2C(=O)CCc2ncc(-c3ccccc3Cl)o2)cc1. The van der Waals surface area contributed by atoms with Gasteiger partial charge in [0.25, 0.3) is 0 Å². The van der Waals surface area contributed by atoms with E-state index in [2.05, 4.69) is 10.3 Å². The molecule has 0 spiro atoms. The number of aromatic nitrogens is 1. The Morgan fingerprint density at radius 1 is 1.25 bits per heavy atom. The van der Waals surface area contributed by atoms with Gasteiger partial charge in [-0.15, -0.1) is 11.8 Å². The van der Waals surface area contributed by atoms with Crippen molar-refractivity contribution in [1.29, 1.82) is 5.26 Å². The van der Waals surface area contributed by atoms with Crippen LogP contribution in [0.2, 0.25) is 5.02 Å². The number of hydrogen-bond acceptors (Lipinski definition) is 6. The van der Waals surface area contributed by atoms with Crippen molar-refractivity contribution in [2.75, 3.05) is 16.9 Å². The Balaban J connectivity index is 1.35. The maximum Gasteiger partial charge on any atom is 0.248 e. The van der Waals surface area contributed by atoms with Gasteiger partial charge in [0.2, 0.25) is 11.8 Å². The van der Waals surface area contributed by atoms with Crippen LogP contribution in [0.15, 0.2) is 59.1 Å². The Morgan fingerprint density at radius 3 is 2.78 bits per heavy atom. The van der Waals surface area contributed by atoms with Crippen molar-refractivity contribution in [2.45, 2.75) is 18.9 Å². The molecule has 1 atom stereocenters. The zero-order chi connectivity index (χ0) is 22.5. The molecule has 0 bridgehead atoms. The van der Waals surface area contributed by atoms with E-state index in [4.69, 9.17) is 21.3 Å². The van der Waals surface area contributed by atoms with E-state index in [9.17, 15) is 9.59 Å². The van der Waals surface area contributed by atoms with Crippen LogP contribution in [0, 0.1) is 11.3 Å². The molecule has 0 aliphatic carbocycles. The van der Waals surface area contributed by atoms with Crippen LogP contribution in [0.5, 0.6) is 0 Å². The predicted octanol–water partition coefficient (Wildman–Crippen LogP) is 4.34. The van der Waals surface area contributed by atoms with E-state index in [0.29, 0.717) is 46.0 Å². The summed E-state index contributed by atoms with van der Waals surface area (Å²) in [5.41, 5.74) is 1.85. The molecule has 7 nitrogen and oxygen atoms in total. The lowest BCUT2D eigenvalue weighted by Crippen LogP contribution is -2.44. The van der Waals surface area contributed by atoms with E-state index in [1.165, 1.54) is 11.8 Å². The Kier molecular flexibility index (Phi) is 6.78. The molecule has 2 heterocycles. The first-order valence-corrected chi connectivity index (χ1v) is 11.5. The second-order valence-corrected chi connectivity index (χ2v) is 8.56. The van der Waals surface area contributed by atoms with E-state index in [1.54, 1.807) is 41.4 Å². The quantitative estimate of drug-likeness (QED) is 0.580. The van der Waals surface area contributed by atoms with E-state index < -0.39 is 6.04 Å². The van der Waals surface area contributed by atoms with Gasteiger partial charge in [-0.1, -0.05) is 23.7 Å². The van der Waals surface area contributed by atoms with Crippen LogP contribution in [0.4, 0.5) is 5.69 Å². The summed E-state index contributed by atoms with van der Waals surface area (Å²) in [6.07, 6.45) is 2.11. The summed E-state index contributed by atoms with van der Waals surface area (Å²) in [5.74, 6) is 1.61. The highest BCUT2D eigenvalue weighted by molar-refractivity contribution is 7.99. The predicted molar refractivity (Wildman–Crippen MR) is 123 cm³/mol. The Morgan fingerprint density at radius 2 is 2.03 bits per heavy atom. The van der Waals surface area contributed by atoms with Gasteiger partial charge in [-0.05, 0) is 36.4 Å². The molecule has 9 heteroatoms. The van der Waals surface area contributed by atoms with Gasteiger partial charge < -0.3 is 14.6 Å². The van der Waals surface area contributed by atoms with Gasteiger partial charge in [0.1, 0.15) is 6.04 Å². The molecular weight excluding hydrogens is 448 g/mol. The highest BCUT2D eigenvalue weighted by atomic mass is 35.5. The number of amides is 2. The van der Waals surface area contributed by atoms with E-state index in [0.717, 1.165) is 5.56 Å². The van der Waals surface area contributed by atoms with Crippen LogP contribution in [-0.2, 0) is 16.0 Å². The summed E-state index contributed by atoms with van der Waals surface area (Å²) in [6, 6.07) is 15.4. The van der Waals surface area contributed by atoms with Gasteiger partial charge in [-0.2, -0.15) is 5.26 Å². The third-order valence-corrected chi connectivity index (χ3v) is 6.37. The summed E-state index contributed by atoms with van der Waals surface area (Å²) >= 11 is 7.73. The number of carbonyl (C=O) groups excluding carboxylic acids is 2. The van der Waals surface area contributed by atoms with Crippen LogP contribution in [0.3, 0.4) is 0 Å². The smallest absolute Gasteiger partial charge is 0.248 e. The first kappa shape index (κ1) is 21.9. The van der Waals surface area contributed by atoms with Crippen molar-refractivity contribution in [3.8, 4) is 17.4 Å². The van der Waals surface area contributed by atoms with Crippen molar-refractivity contribution < 1.29 is 14.0 Å². The number of nitrogens with one attached hydrogen (secondary N) is 1. The Bertz CT molecular complexity index is 1170. The third kappa shape index (κ3) is 4.96. The molecule has 3 aromatic rings. The summed E-state index contributed by atoms with van der Waals surface area (Å²) < 4.78 is 5.76. The van der Waals surface area contributed by atoms with Gasteiger partial charge in [0.05, 0.1) is 28.7 Å². The normalized spacial score (nSPS) is 15.4. The summed E-state index contributed by atoms with van der Waals surface area (Å²) in [7, 11) is 0. The lowest BCUT2D eigenvalue weighted by Gasteiger charge is -2.23. The molecule has 1 unspecified atom stereocenters. The van der Waals surface area contributed by atoms with Crippen LogP contribution in [0.1, 0.15) is 17.9 Å². The number of hydrogen-bond donors (Lipinski definition) is 1. The van der Waals surface area contributed by atoms with Gasteiger partial charge in [0, 0.05) is 29.8 Å². The molecular formula is C23H19ClN4O3S. The summed E-state index contributed by atoms with van der Waals surface area (Å²) in [5, 5.41) is 12.3. The van der Waals surface area contributed by atoms with E-state index >= 15 is 0 Å². The lowest BCUT2D eigenvalue weighted by molar-refractivity contribution is -0.136. The molecule has 1 fully saturated rings. The maximum atomic E-state index is 12.8. The third-order valence-electron chi connectivity index (χ3n) is 5.03. The highest BCUT2D eigenvalue weighted by Gasteiger charge is 2.34. The Labute approximate surface area is 194 Å². The van der Waals surface area contributed by atoms with Crippen molar-refractivity contribution >= 4 is 40.9 Å². The largest absolute Gasteiger partial charge is 0.441 e. The van der Waals surface area contributed by atoms with E-state index in [1.807, 2.05) is 24.3 Å². The molecule has 1 saturated heterocycles. The molecule has 2 aromatic carbocycles. The molecule has 0 radical (unpaired) electrons. The second kappa shape index (κ2) is 9.90. The van der Waals surface area contributed by atoms with Crippen molar-refractivity contribution in [3.05, 3.63) is 71.2 Å². The zero-order valence-electron chi connectivity index (χ0n) is 17.0. The first-order chi connectivity index (χ1) is 15.5. The number of nitrogens with zero attached hydrogens (tertiary/aromatic N) is 3.